The Bertz CT molecular complexity index is 1730. The number of carboxylic acids is 2. The maximum atomic E-state index is 11.0. The predicted octanol–water partition coefficient (Wildman–Crippen LogP) is 4.35. The molecule has 8 nitrogen and oxygen atoms in total. The summed E-state index contributed by atoms with van der Waals surface area (Å²) in [6.07, 6.45) is 12.2. The Morgan fingerprint density at radius 2 is 1.45 bits per heavy atom. The number of carboxylic acid groups (broad SMARTS) is 2. The first kappa shape index (κ1) is 32.3. The van der Waals surface area contributed by atoms with Crippen molar-refractivity contribution in [3.05, 3.63) is 103 Å². The van der Waals surface area contributed by atoms with Crippen molar-refractivity contribution in [2.75, 3.05) is 6.54 Å². The Labute approximate surface area is 256 Å². The number of aromatic nitrogens is 3. The largest absolute Gasteiger partial charge is 4.00 e. The monoisotopic (exact) mass is 606 g/mol. The van der Waals surface area contributed by atoms with Crippen LogP contribution in [-0.4, -0.2) is 28.7 Å². The van der Waals surface area contributed by atoms with Gasteiger partial charge < -0.3 is 30.5 Å². The van der Waals surface area contributed by atoms with Crippen molar-refractivity contribution in [3.8, 4) is 0 Å². The molecule has 0 radical (unpaired) electrons. The van der Waals surface area contributed by atoms with E-state index in [0.717, 1.165) is 78.0 Å². The van der Waals surface area contributed by atoms with Crippen LogP contribution >= 0.6 is 0 Å². The Kier molecular flexibility index (Phi) is 10.5. The number of carbonyl (C=O) groups is 2. The molecule has 0 aromatic carbocycles. The number of nitrogens with zero attached hydrogens (tertiary/aromatic N) is 4. The van der Waals surface area contributed by atoms with Crippen molar-refractivity contribution < 1.29 is 36.9 Å². The summed E-state index contributed by atoms with van der Waals surface area (Å²) in [5, 5.41) is 24.2. The first-order valence-electron chi connectivity index (χ1n) is 13.5. The van der Waals surface area contributed by atoms with Crippen molar-refractivity contribution in [2.45, 2.75) is 53.4 Å². The van der Waals surface area contributed by atoms with E-state index in [1.54, 1.807) is 18.3 Å². The molecule has 218 valence electrons. The van der Waals surface area contributed by atoms with E-state index in [1.165, 1.54) is 0 Å². The third-order valence-electron chi connectivity index (χ3n) is 7.67. The Morgan fingerprint density at radius 3 is 2.10 bits per heavy atom. The van der Waals surface area contributed by atoms with E-state index in [4.69, 9.17) is 20.2 Å². The molecule has 1 aliphatic rings. The van der Waals surface area contributed by atoms with Crippen molar-refractivity contribution in [1.82, 2.24) is 15.0 Å². The van der Waals surface area contributed by atoms with Gasteiger partial charge in [0, 0.05) is 12.8 Å². The van der Waals surface area contributed by atoms with Crippen LogP contribution < -0.4 is 25.7 Å². The van der Waals surface area contributed by atoms with Crippen LogP contribution in [-0.2, 0) is 33.1 Å². The second-order valence-corrected chi connectivity index (χ2v) is 10.2. The number of rotatable bonds is 11. The minimum absolute atomic E-state index is 0. The van der Waals surface area contributed by atoms with Gasteiger partial charge in [-0.3, -0.25) is 9.59 Å². The topological polar surface area (TPSA) is 131 Å². The molecule has 4 rings (SSSR count). The summed E-state index contributed by atoms with van der Waals surface area (Å²) in [7, 11) is 0. The van der Waals surface area contributed by atoms with Crippen molar-refractivity contribution >= 4 is 42.3 Å². The second kappa shape index (κ2) is 13.6. The minimum Gasteiger partial charge on any atom is -0.681 e. The number of aryl methyl sites for hydroxylation is 1. The maximum Gasteiger partial charge on any atom is 4.00 e. The van der Waals surface area contributed by atoms with Crippen molar-refractivity contribution in [1.29, 1.82) is 0 Å². The number of hydrogen-bond donors (Lipinski definition) is 2. The van der Waals surface area contributed by atoms with Crippen LogP contribution in [0.3, 0.4) is 0 Å². The molecule has 42 heavy (non-hydrogen) atoms. The minimum atomic E-state index is -0.835. The molecule has 0 fully saturated rings. The van der Waals surface area contributed by atoms with Crippen LogP contribution in [0.1, 0.15) is 76.6 Å². The fourth-order valence-corrected chi connectivity index (χ4v) is 5.03. The van der Waals surface area contributed by atoms with Crippen LogP contribution in [0.4, 0.5) is 0 Å². The third kappa shape index (κ3) is 6.81. The molecule has 3 aromatic heterocycles. The molecule has 3 aromatic rings. The first-order chi connectivity index (χ1) is 19.5. The number of hydrogen-bond acceptors (Lipinski definition) is 2. The quantitative estimate of drug-likeness (QED) is 0.311. The molecule has 0 atom stereocenters. The van der Waals surface area contributed by atoms with Gasteiger partial charge in [0.1, 0.15) is 0 Å². The molecule has 0 saturated carbocycles. The number of aliphatic carboxylic acids is 2. The van der Waals surface area contributed by atoms with E-state index in [0.29, 0.717) is 19.4 Å². The first-order valence-corrected chi connectivity index (χ1v) is 13.5. The van der Waals surface area contributed by atoms with Crippen LogP contribution in [0.15, 0.2) is 36.2 Å². The van der Waals surface area contributed by atoms with E-state index >= 15 is 0 Å². The van der Waals surface area contributed by atoms with E-state index in [1.807, 2.05) is 45.9 Å². The molecular formula is C33H34FeN4O4. The molecule has 0 spiro atoms. The van der Waals surface area contributed by atoms with Gasteiger partial charge in [0.15, 0.2) is 0 Å². The summed E-state index contributed by atoms with van der Waals surface area (Å²) in [5.74, 6) is -1.65. The van der Waals surface area contributed by atoms with Gasteiger partial charge >= 0.3 is 29.0 Å². The average Bonchev–Trinajstić information content (AvgIpc) is 3.63. The van der Waals surface area contributed by atoms with Crippen LogP contribution in [0.2, 0.25) is 0 Å². The van der Waals surface area contributed by atoms with Crippen LogP contribution in [0, 0.1) is 20.8 Å². The summed E-state index contributed by atoms with van der Waals surface area (Å²) in [6, 6.07) is 0. The fourth-order valence-electron chi connectivity index (χ4n) is 5.03. The van der Waals surface area contributed by atoms with Gasteiger partial charge in [0.05, 0.1) is 0 Å². The fraction of sp³-hybridized carbons (Fsp3) is 0.273. The molecule has 0 unspecified atom stereocenters. The Balaban J connectivity index is 0.00000484. The van der Waals surface area contributed by atoms with Gasteiger partial charge in [-0.25, -0.2) is 0 Å². The van der Waals surface area contributed by atoms with Gasteiger partial charge in [-0.05, 0) is 51.7 Å². The van der Waals surface area contributed by atoms with Crippen molar-refractivity contribution in [2.24, 2.45) is 0 Å². The Morgan fingerprint density at radius 1 is 0.810 bits per heavy atom. The van der Waals surface area contributed by atoms with Gasteiger partial charge in [0.2, 0.25) is 0 Å². The smallest absolute Gasteiger partial charge is 0.681 e. The van der Waals surface area contributed by atoms with E-state index in [2.05, 4.69) is 23.5 Å². The normalized spacial score (nSPS) is 14.8. The van der Waals surface area contributed by atoms with E-state index in [-0.39, 0.29) is 29.9 Å². The summed E-state index contributed by atoms with van der Waals surface area (Å²) in [6.45, 7) is 16.4. The summed E-state index contributed by atoms with van der Waals surface area (Å²) < 4.78 is 0. The molecule has 9 heteroatoms. The molecule has 0 bridgehead atoms. The zero-order chi connectivity index (χ0) is 29.8. The van der Waals surface area contributed by atoms with Crippen molar-refractivity contribution in [3.63, 3.8) is 0 Å². The summed E-state index contributed by atoms with van der Waals surface area (Å²) in [5.41, 5.74) is 10.8. The zero-order valence-corrected chi connectivity index (χ0v) is 25.4. The van der Waals surface area contributed by atoms with Crippen LogP contribution in [0.5, 0.6) is 0 Å². The molecular weight excluding hydrogens is 572 g/mol. The van der Waals surface area contributed by atoms with E-state index in [9.17, 15) is 9.59 Å². The summed E-state index contributed by atoms with van der Waals surface area (Å²) in [4.78, 5) is 36.3. The second-order valence-electron chi connectivity index (χ2n) is 10.2. The standard InChI is InChI=1S/C33H34N4O4.Fe/c1-7-24-21(6)29(37-30(24)14-27-19(4)23(17-35-27)10-12-33(40)41)15-31-25(8-2)20(5)28(36-31)13-26-18(3)22(16-34-26)9-11-32(38)39;/h7-8,13-15,17H,1-2,9-12,16H2,3-6H3,(H,38,39)(H,40,41);/q-4;+4/b26-13-,29-15-,30-14-;. The van der Waals surface area contributed by atoms with Gasteiger partial charge in [-0.1, -0.05) is 76.9 Å². The molecule has 0 aliphatic carbocycles. The zero-order valence-electron chi connectivity index (χ0n) is 24.3. The molecule has 2 N–H and O–H groups in total. The van der Waals surface area contributed by atoms with Gasteiger partial charge in [-0.2, -0.15) is 6.20 Å². The molecule has 4 heterocycles. The number of allylic oxidation sites excluding steroid dienone is 1. The predicted molar refractivity (Wildman–Crippen MR) is 162 cm³/mol. The van der Waals surface area contributed by atoms with Crippen LogP contribution in [0.25, 0.3) is 35.7 Å². The summed E-state index contributed by atoms with van der Waals surface area (Å²) >= 11 is 0. The maximum absolute atomic E-state index is 11.0. The third-order valence-corrected chi connectivity index (χ3v) is 7.67. The Hall–Kier alpha value is -4.20. The molecule has 0 saturated heterocycles. The van der Waals surface area contributed by atoms with Gasteiger partial charge in [-0.15, -0.1) is 40.0 Å². The average molecular weight is 607 g/mol. The molecule has 1 aliphatic heterocycles. The SMILES string of the molecule is C=Cc1c(/C=c2\[n-]/c(=C\c3[n-]cc(CCC(=O)O)c3C)c(C=C)c2C)[n-]c(/C=C2\[N-]CC(CCC(=O)O)=C2C)c1C.[Fe+4]. The van der Waals surface area contributed by atoms with E-state index < -0.39 is 11.9 Å². The molecule has 0 amide bonds. The van der Waals surface area contributed by atoms with Gasteiger partial charge in [0.25, 0.3) is 0 Å².